The lowest BCUT2D eigenvalue weighted by Crippen LogP contribution is -2.50. The summed E-state index contributed by atoms with van der Waals surface area (Å²) in [4.78, 5) is 14.7. The van der Waals surface area contributed by atoms with Gasteiger partial charge in [0, 0.05) is 32.1 Å². The molecule has 30 heavy (non-hydrogen) atoms. The summed E-state index contributed by atoms with van der Waals surface area (Å²) < 4.78 is 27.6. The van der Waals surface area contributed by atoms with Crippen molar-refractivity contribution < 1.29 is 13.2 Å². The molecule has 0 radical (unpaired) electrons. The molecule has 156 valence electrons. The van der Waals surface area contributed by atoms with Gasteiger partial charge in [-0.25, -0.2) is 8.42 Å². The molecule has 0 unspecified atom stereocenters. The number of carbonyl (C=O) groups excluding carboxylic acids is 1. The van der Waals surface area contributed by atoms with Gasteiger partial charge in [-0.05, 0) is 35.7 Å². The van der Waals surface area contributed by atoms with E-state index < -0.39 is 10.0 Å². The van der Waals surface area contributed by atoms with Gasteiger partial charge in [0.05, 0.1) is 15.6 Å². The number of rotatable bonds is 4. The van der Waals surface area contributed by atoms with Crippen LogP contribution in [0.25, 0.3) is 10.8 Å². The zero-order valence-corrected chi connectivity index (χ0v) is 17.8. The number of hydrogen-bond donors (Lipinski definition) is 1. The molecule has 1 N–H and O–H groups in total. The van der Waals surface area contributed by atoms with Crippen molar-refractivity contribution >= 4 is 38.3 Å². The van der Waals surface area contributed by atoms with Crippen LogP contribution in [-0.4, -0.2) is 59.9 Å². The standard InChI is InChI=1S/C21H21ClN4O3S/c22-18-19(15-5-6-15)23-24-20(18)21(27)25-9-11-26(12-10-25)30(28,29)17-8-7-14-3-1-2-4-16(14)13-17/h1-4,7-8,13,15H,5-6,9-12H2,(H,23,24). The van der Waals surface area contributed by atoms with E-state index in [4.69, 9.17) is 11.6 Å². The summed E-state index contributed by atoms with van der Waals surface area (Å²) in [6, 6.07) is 12.8. The van der Waals surface area contributed by atoms with Crippen molar-refractivity contribution in [2.45, 2.75) is 23.7 Å². The number of halogens is 1. The second kappa shape index (κ2) is 7.37. The second-order valence-electron chi connectivity index (χ2n) is 7.78. The monoisotopic (exact) mass is 444 g/mol. The van der Waals surface area contributed by atoms with Crippen LogP contribution in [-0.2, 0) is 10.0 Å². The molecule has 0 bridgehead atoms. The quantitative estimate of drug-likeness (QED) is 0.669. The zero-order chi connectivity index (χ0) is 20.9. The number of nitrogens with one attached hydrogen (secondary N) is 1. The number of H-pyrrole nitrogens is 1. The number of nitrogens with zero attached hydrogens (tertiary/aromatic N) is 3. The minimum atomic E-state index is -3.63. The number of hydrogen-bond acceptors (Lipinski definition) is 4. The first-order valence-electron chi connectivity index (χ1n) is 9.97. The maximum Gasteiger partial charge on any atom is 0.276 e. The Morgan fingerprint density at radius 3 is 2.43 bits per heavy atom. The maximum absolute atomic E-state index is 13.1. The Balaban J connectivity index is 1.30. The summed E-state index contributed by atoms with van der Waals surface area (Å²) in [7, 11) is -3.63. The van der Waals surface area contributed by atoms with Crippen LogP contribution in [0.15, 0.2) is 47.4 Å². The topological polar surface area (TPSA) is 86.4 Å². The van der Waals surface area contributed by atoms with E-state index in [2.05, 4.69) is 10.2 Å². The van der Waals surface area contributed by atoms with Crippen LogP contribution in [0.1, 0.15) is 34.9 Å². The first-order chi connectivity index (χ1) is 14.4. The average Bonchev–Trinajstić information content (AvgIpc) is 3.54. The third-order valence-corrected chi connectivity index (χ3v) is 8.08. The molecule has 7 nitrogen and oxygen atoms in total. The molecular formula is C21H21ClN4O3S. The molecule has 1 amide bonds. The molecule has 2 fully saturated rings. The Labute approximate surface area is 179 Å². The molecule has 1 aliphatic carbocycles. The highest BCUT2D eigenvalue weighted by atomic mass is 35.5. The molecular weight excluding hydrogens is 424 g/mol. The number of sulfonamides is 1. The number of piperazine rings is 1. The fraction of sp³-hybridized carbons (Fsp3) is 0.333. The smallest absolute Gasteiger partial charge is 0.276 e. The van der Waals surface area contributed by atoms with Gasteiger partial charge in [-0.3, -0.25) is 9.89 Å². The summed E-state index contributed by atoms with van der Waals surface area (Å²) in [5, 5.41) is 9.28. The molecule has 1 aliphatic heterocycles. The number of aromatic amines is 1. The lowest BCUT2D eigenvalue weighted by molar-refractivity contribution is 0.0692. The van der Waals surface area contributed by atoms with E-state index in [0.29, 0.717) is 24.0 Å². The molecule has 1 aromatic heterocycles. The van der Waals surface area contributed by atoms with E-state index in [9.17, 15) is 13.2 Å². The van der Waals surface area contributed by atoms with E-state index in [1.807, 2.05) is 30.3 Å². The Hall–Kier alpha value is -2.42. The summed E-state index contributed by atoms with van der Waals surface area (Å²) in [5.41, 5.74) is 1.06. The number of aromatic nitrogens is 2. The van der Waals surface area contributed by atoms with Gasteiger partial charge in [0.15, 0.2) is 5.69 Å². The van der Waals surface area contributed by atoms with E-state index >= 15 is 0 Å². The van der Waals surface area contributed by atoms with Crippen molar-refractivity contribution in [2.24, 2.45) is 0 Å². The number of fused-ring (bicyclic) bond motifs is 1. The van der Waals surface area contributed by atoms with E-state index in [1.54, 1.807) is 17.0 Å². The zero-order valence-electron chi connectivity index (χ0n) is 16.2. The van der Waals surface area contributed by atoms with Gasteiger partial charge >= 0.3 is 0 Å². The van der Waals surface area contributed by atoms with Crippen LogP contribution in [0.5, 0.6) is 0 Å². The number of carbonyl (C=O) groups is 1. The lowest BCUT2D eigenvalue weighted by atomic mass is 10.1. The van der Waals surface area contributed by atoms with Crippen molar-refractivity contribution in [3.8, 4) is 0 Å². The van der Waals surface area contributed by atoms with Gasteiger partial charge in [0.1, 0.15) is 0 Å². The SMILES string of the molecule is O=C(c1n[nH]c(C2CC2)c1Cl)N1CCN(S(=O)(=O)c2ccc3ccccc3c2)CC1. The summed E-state index contributed by atoms with van der Waals surface area (Å²) in [5.74, 6) is 0.112. The summed E-state index contributed by atoms with van der Waals surface area (Å²) >= 11 is 6.35. The average molecular weight is 445 g/mol. The highest BCUT2D eigenvalue weighted by molar-refractivity contribution is 7.89. The third kappa shape index (κ3) is 3.38. The summed E-state index contributed by atoms with van der Waals surface area (Å²) in [6.07, 6.45) is 2.11. The fourth-order valence-corrected chi connectivity index (χ4v) is 5.66. The van der Waals surface area contributed by atoms with Gasteiger partial charge in [-0.15, -0.1) is 0 Å². The molecule has 5 rings (SSSR count). The van der Waals surface area contributed by atoms with Gasteiger partial charge in [0.25, 0.3) is 5.91 Å². The predicted molar refractivity (Wildman–Crippen MR) is 114 cm³/mol. The summed E-state index contributed by atoms with van der Waals surface area (Å²) in [6.45, 7) is 1.07. The molecule has 9 heteroatoms. The maximum atomic E-state index is 13.1. The highest BCUT2D eigenvalue weighted by Gasteiger charge is 2.34. The van der Waals surface area contributed by atoms with Crippen LogP contribution in [0.4, 0.5) is 0 Å². The first-order valence-corrected chi connectivity index (χ1v) is 11.8. The van der Waals surface area contributed by atoms with Gasteiger partial charge < -0.3 is 4.90 Å². The lowest BCUT2D eigenvalue weighted by Gasteiger charge is -2.33. The van der Waals surface area contributed by atoms with Crippen LogP contribution < -0.4 is 0 Å². The van der Waals surface area contributed by atoms with Crippen LogP contribution in [0.3, 0.4) is 0 Å². The Kier molecular flexibility index (Phi) is 4.80. The van der Waals surface area contributed by atoms with Crippen LogP contribution >= 0.6 is 11.6 Å². The highest BCUT2D eigenvalue weighted by Crippen LogP contribution is 2.43. The van der Waals surface area contributed by atoms with E-state index in [-0.39, 0.29) is 29.6 Å². The van der Waals surface area contributed by atoms with Gasteiger partial charge in [-0.2, -0.15) is 9.40 Å². The molecule has 2 aliphatic rings. The number of amides is 1. The molecule has 3 aromatic rings. The Morgan fingerprint density at radius 2 is 1.73 bits per heavy atom. The van der Waals surface area contributed by atoms with Crippen molar-refractivity contribution in [3.63, 3.8) is 0 Å². The van der Waals surface area contributed by atoms with Crippen LogP contribution in [0, 0.1) is 0 Å². The molecule has 0 atom stereocenters. The first kappa shape index (κ1) is 19.5. The second-order valence-corrected chi connectivity index (χ2v) is 10.1. The molecule has 1 saturated heterocycles. The Morgan fingerprint density at radius 1 is 1.03 bits per heavy atom. The van der Waals surface area contributed by atoms with Gasteiger partial charge in [-0.1, -0.05) is 41.9 Å². The van der Waals surface area contributed by atoms with Crippen molar-refractivity contribution in [1.29, 1.82) is 0 Å². The van der Waals surface area contributed by atoms with E-state index in [0.717, 1.165) is 29.3 Å². The largest absolute Gasteiger partial charge is 0.335 e. The number of benzene rings is 2. The van der Waals surface area contributed by atoms with Gasteiger partial charge in [0.2, 0.25) is 10.0 Å². The normalized spacial score (nSPS) is 18.1. The van der Waals surface area contributed by atoms with Crippen molar-refractivity contribution in [1.82, 2.24) is 19.4 Å². The fourth-order valence-electron chi connectivity index (χ4n) is 3.88. The molecule has 0 spiro atoms. The Bertz CT molecular complexity index is 1230. The van der Waals surface area contributed by atoms with Crippen LogP contribution in [0.2, 0.25) is 5.02 Å². The van der Waals surface area contributed by atoms with E-state index in [1.165, 1.54) is 4.31 Å². The van der Waals surface area contributed by atoms with Crippen molar-refractivity contribution in [3.05, 3.63) is 58.9 Å². The minimum Gasteiger partial charge on any atom is -0.335 e. The predicted octanol–water partition coefficient (Wildman–Crippen LogP) is 3.24. The van der Waals surface area contributed by atoms with Crippen molar-refractivity contribution in [2.75, 3.05) is 26.2 Å². The molecule has 1 saturated carbocycles. The molecule has 2 aromatic carbocycles. The third-order valence-electron chi connectivity index (χ3n) is 5.81. The minimum absolute atomic E-state index is 0.226. The molecule has 2 heterocycles.